The zero-order valence-corrected chi connectivity index (χ0v) is 15.0. The van der Waals surface area contributed by atoms with Crippen molar-refractivity contribution in [1.82, 2.24) is 9.88 Å². The molecule has 4 rings (SSSR count). The van der Waals surface area contributed by atoms with Gasteiger partial charge in [-0.1, -0.05) is 30.3 Å². The zero-order valence-electron chi connectivity index (χ0n) is 15.0. The molecule has 1 fully saturated rings. The molecule has 1 amide bonds. The Balaban J connectivity index is 1.64. The maximum absolute atomic E-state index is 13.1. The third-order valence-electron chi connectivity index (χ3n) is 5.21. The minimum absolute atomic E-state index is 0.0399. The van der Waals surface area contributed by atoms with Crippen LogP contribution in [0.5, 0.6) is 5.75 Å². The van der Waals surface area contributed by atoms with Crippen molar-refractivity contribution in [3.05, 3.63) is 76.2 Å². The summed E-state index contributed by atoms with van der Waals surface area (Å²) in [5, 5.41) is 1.17. The average Bonchev–Trinajstić information content (AvgIpc) is 3.10. The lowest BCUT2D eigenvalue weighted by atomic mass is 9.95. The van der Waals surface area contributed by atoms with Crippen molar-refractivity contribution >= 4 is 16.7 Å². The lowest BCUT2D eigenvalue weighted by Gasteiger charge is -2.18. The normalized spacial score (nSPS) is 19.4. The third kappa shape index (κ3) is 3.08. The van der Waals surface area contributed by atoms with E-state index in [0.29, 0.717) is 29.4 Å². The number of nitrogens with two attached hydrogens (primary N) is 1. The Kier molecular flexibility index (Phi) is 4.41. The largest absolute Gasteiger partial charge is 0.497 e. The standard InChI is InChI=1S/C21H21N3O3/c1-27-14-6-4-5-13(9-14)18-11-24(12-19(18)22)21(26)17-10-23-20(25)16-8-3-2-7-15(16)17/h2-10,18-19H,11-12,22H2,1H3,(H,23,25). The van der Waals surface area contributed by atoms with E-state index < -0.39 is 0 Å². The molecule has 0 radical (unpaired) electrons. The highest BCUT2D eigenvalue weighted by Gasteiger charge is 2.35. The summed E-state index contributed by atoms with van der Waals surface area (Å²) in [6.07, 6.45) is 1.50. The minimum atomic E-state index is -0.200. The number of H-pyrrole nitrogens is 1. The van der Waals surface area contributed by atoms with Crippen molar-refractivity contribution in [3.63, 3.8) is 0 Å². The van der Waals surface area contributed by atoms with Crippen LogP contribution >= 0.6 is 0 Å². The molecule has 3 aromatic rings. The summed E-state index contributed by atoms with van der Waals surface area (Å²) in [7, 11) is 1.63. The predicted octanol–water partition coefficient (Wildman–Crippen LogP) is 2.10. The van der Waals surface area contributed by atoms with Gasteiger partial charge >= 0.3 is 0 Å². The first-order chi connectivity index (χ1) is 13.1. The molecule has 0 spiro atoms. The molecule has 1 aliphatic rings. The number of likely N-dealkylation sites (tertiary alicyclic amines) is 1. The molecular weight excluding hydrogens is 342 g/mol. The second kappa shape index (κ2) is 6.89. The van der Waals surface area contributed by atoms with Crippen LogP contribution in [0.3, 0.4) is 0 Å². The first-order valence-electron chi connectivity index (χ1n) is 8.87. The second-order valence-corrected chi connectivity index (χ2v) is 6.83. The lowest BCUT2D eigenvalue weighted by Crippen LogP contribution is -2.32. The number of hydrogen-bond donors (Lipinski definition) is 2. The van der Waals surface area contributed by atoms with Gasteiger partial charge in [0.25, 0.3) is 11.5 Å². The number of carbonyl (C=O) groups is 1. The molecular formula is C21H21N3O3. The molecule has 138 valence electrons. The number of nitrogens with zero attached hydrogens (tertiary/aromatic N) is 1. The van der Waals surface area contributed by atoms with Crippen molar-refractivity contribution in [2.24, 2.45) is 5.73 Å². The van der Waals surface area contributed by atoms with Crippen LogP contribution in [0.4, 0.5) is 0 Å². The van der Waals surface area contributed by atoms with Crippen LogP contribution in [-0.2, 0) is 0 Å². The molecule has 1 saturated heterocycles. The number of rotatable bonds is 3. The summed E-state index contributed by atoms with van der Waals surface area (Å²) < 4.78 is 5.30. The highest BCUT2D eigenvalue weighted by atomic mass is 16.5. The van der Waals surface area contributed by atoms with Gasteiger partial charge in [-0.05, 0) is 23.8 Å². The maximum Gasteiger partial charge on any atom is 0.256 e. The minimum Gasteiger partial charge on any atom is -0.497 e. The summed E-state index contributed by atoms with van der Waals surface area (Å²) >= 11 is 0. The van der Waals surface area contributed by atoms with E-state index in [0.717, 1.165) is 11.3 Å². The first kappa shape index (κ1) is 17.3. The number of nitrogens with one attached hydrogen (secondary N) is 1. The second-order valence-electron chi connectivity index (χ2n) is 6.83. The van der Waals surface area contributed by atoms with Gasteiger partial charge in [0.1, 0.15) is 5.75 Å². The van der Waals surface area contributed by atoms with E-state index in [1.807, 2.05) is 30.3 Å². The number of ether oxygens (including phenoxy) is 1. The van der Waals surface area contributed by atoms with E-state index in [4.69, 9.17) is 10.5 Å². The van der Waals surface area contributed by atoms with Gasteiger partial charge in [-0.2, -0.15) is 0 Å². The topological polar surface area (TPSA) is 88.4 Å². The SMILES string of the molecule is COc1cccc(C2CN(C(=O)c3c[nH]c(=O)c4ccccc34)CC2N)c1. The molecule has 2 atom stereocenters. The van der Waals surface area contributed by atoms with Gasteiger partial charge < -0.3 is 20.4 Å². The molecule has 3 N–H and O–H groups in total. The number of pyridine rings is 1. The smallest absolute Gasteiger partial charge is 0.256 e. The van der Waals surface area contributed by atoms with Crippen molar-refractivity contribution in [1.29, 1.82) is 0 Å². The molecule has 2 heterocycles. The highest BCUT2D eigenvalue weighted by molar-refractivity contribution is 6.06. The number of hydrogen-bond acceptors (Lipinski definition) is 4. The molecule has 6 heteroatoms. The van der Waals surface area contributed by atoms with E-state index >= 15 is 0 Å². The Hall–Kier alpha value is -3.12. The van der Waals surface area contributed by atoms with Crippen LogP contribution in [0.1, 0.15) is 21.8 Å². The fourth-order valence-corrected chi connectivity index (χ4v) is 3.78. The van der Waals surface area contributed by atoms with Gasteiger partial charge in [0.15, 0.2) is 0 Å². The predicted molar refractivity (Wildman–Crippen MR) is 104 cm³/mol. The van der Waals surface area contributed by atoms with E-state index in [1.54, 1.807) is 30.2 Å². The maximum atomic E-state index is 13.1. The molecule has 0 bridgehead atoms. The Morgan fingerprint density at radius 1 is 1.15 bits per heavy atom. The Morgan fingerprint density at radius 2 is 1.93 bits per heavy atom. The lowest BCUT2D eigenvalue weighted by molar-refractivity contribution is 0.0790. The number of methoxy groups -OCH3 is 1. The number of fused-ring (bicyclic) bond motifs is 1. The summed E-state index contributed by atoms with van der Waals surface area (Å²) in [6, 6.07) is 14.8. The van der Waals surface area contributed by atoms with Gasteiger partial charge in [0, 0.05) is 42.0 Å². The number of aromatic amines is 1. The highest BCUT2D eigenvalue weighted by Crippen LogP contribution is 2.30. The van der Waals surface area contributed by atoms with Gasteiger partial charge in [0.05, 0.1) is 12.7 Å². The Bertz CT molecular complexity index is 1060. The van der Waals surface area contributed by atoms with Gasteiger partial charge in [-0.15, -0.1) is 0 Å². The van der Waals surface area contributed by atoms with Gasteiger partial charge in [-0.25, -0.2) is 0 Å². The molecule has 27 heavy (non-hydrogen) atoms. The summed E-state index contributed by atoms with van der Waals surface area (Å²) in [5.41, 5.74) is 7.70. The summed E-state index contributed by atoms with van der Waals surface area (Å²) in [6.45, 7) is 0.995. The number of amides is 1. The molecule has 6 nitrogen and oxygen atoms in total. The van der Waals surface area contributed by atoms with Crippen LogP contribution in [0.25, 0.3) is 10.8 Å². The molecule has 0 saturated carbocycles. The van der Waals surface area contributed by atoms with Crippen molar-refractivity contribution in [2.75, 3.05) is 20.2 Å². The number of benzene rings is 2. The average molecular weight is 363 g/mol. The van der Waals surface area contributed by atoms with Crippen LogP contribution < -0.4 is 16.0 Å². The van der Waals surface area contributed by atoms with Crippen LogP contribution in [0.2, 0.25) is 0 Å². The van der Waals surface area contributed by atoms with E-state index in [-0.39, 0.29) is 23.4 Å². The number of carbonyl (C=O) groups excluding carboxylic acids is 1. The van der Waals surface area contributed by atoms with E-state index in [1.165, 1.54) is 6.20 Å². The van der Waals surface area contributed by atoms with E-state index in [2.05, 4.69) is 4.98 Å². The molecule has 1 aliphatic heterocycles. The van der Waals surface area contributed by atoms with Crippen molar-refractivity contribution in [3.8, 4) is 5.75 Å². The zero-order chi connectivity index (χ0) is 19.0. The van der Waals surface area contributed by atoms with Crippen molar-refractivity contribution in [2.45, 2.75) is 12.0 Å². The fraction of sp³-hybridized carbons (Fsp3) is 0.238. The Labute approximate surface area is 156 Å². The summed E-state index contributed by atoms with van der Waals surface area (Å²) in [4.78, 5) is 29.6. The Morgan fingerprint density at radius 3 is 2.70 bits per heavy atom. The van der Waals surface area contributed by atoms with Crippen LogP contribution in [0, 0.1) is 0 Å². The number of aromatic nitrogens is 1. The quantitative estimate of drug-likeness (QED) is 0.746. The van der Waals surface area contributed by atoms with Crippen LogP contribution in [-0.4, -0.2) is 42.0 Å². The first-order valence-corrected chi connectivity index (χ1v) is 8.87. The fourth-order valence-electron chi connectivity index (χ4n) is 3.78. The van der Waals surface area contributed by atoms with Gasteiger partial charge in [0.2, 0.25) is 0 Å². The monoisotopic (exact) mass is 363 g/mol. The third-order valence-corrected chi connectivity index (χ3v) is 5.21. The summed E-state index contributed by atoms with van der Waals surface area (Å²) in [5.74, 6) is 0.692. The molecule has 2 aromatic carbocycles. The van der Waals surface area contributed by atoms with E-state index in [9.17, 15) is 9.59 Å². The van der Waals surface area contributed by atoms with Crippen molar-refractivity contribution < 1.29 is 9.53 Å². The van der Waals surface area contributed by atoms with Crippen LogP contribution in [0.15, 0.2) is 59.5 Å². The molecule has 1 aromatic heterocycles. The molecule has 0 aliphatic carbocycles. The molecule has 2 unspecified atom stereocenters. The van der Waals surface area contributed by atoms with Gasteiger partial charge in [-0.3, -0.25) is 9.59 Å².